The lowest BCUT2D eigenvalue weighted by Gasteiger charge is -2.30. The van der Waals surface area contributed by atoms with Gasteiger partial charge in [-0.1, -0.05) is 54.6 Å². The fourth-order valence-electron chi connectivity index (χ4n) is 4.27. The molecule has 0 atom stereocenters. The maximum absolute atomic E-state index is 12.7. The van der Waals surface area contributed by atoms with E-state index in [1.54, 1.807) is 11.3 Å². The van der Waals surface area contributed by atoms with E-state index < -0.39 is 0 Å². The van der Waals surface area contributed by atoms with Gasteiger partial charge in [0, 0.05) is 23.0 Å². The van der Waals surface area contributed by atoms with Gasteiger partial charge < -0.3 is 10.6 Å². The summed E-state index contributed by atoms with van der Waals surface area (Å²) in [6.45, 7) is 2.57. The first-order valence-electron chi connectivity index (χ1n) is 11.6. The Bertz CT molecular complexity index is 1030. The number of para-hydroxylation sites is 1. The van der Waals surface area contributed by atoms with Crippen LogP contribution in [0, 0.1) is 5.92 Å². The number of hydrogen-bond acceptors (Lipinski definition) is 4. The molecule has 5 nitrogen and oxygen atoms in total. The van der Waals surface area contributed by atoms with Crippen molar-refractivity contribution in [2.75, 3.05) is 31.5 Å². The summed E-state index contributed by atoms with van der Waals surface area (Å²) in [5.41, 5.74) is 3.19. The van der Waals surface area contributed by atoms with E-state index in [1.807, 2.05) is 42.5 Å². The van der Waals surface area contributed by atoms with Crippen LogP contribution in [0.1, 0.15) is 28.8 Å². The SMILES string of the molecule is O=C(CN1CCC(C(=O)NCCc2cccs2)CC1)Nc1ccccc1Cc1ccccc1. The summed E-state index contributed by atoms with van der Waals surface area (Å²) in [5.74, 6) is 0.180. The zero-order valence-electron chi connectivity index (χ0n) is 18.8. The first kappa shape index (κ1) is 23.2. The van der Waals surface area contributed by atoms with Crippen molar-refractivity contribution in [3.8, 4) is 0 Å². The summed E-state index contributed by atoms with van der Waals surface area (Å²) in [6, 6.07) is 22.4. The largest absolute Gasteiger partial charge is 0.355 e. The predicted octanol–water partition coefficient (Wildman–Crippen LogP) is 4.35. The third-order valence-electron chi connectivity index (χ3n) is 6.11. The van der Waals surface area contributed by atoms with Crippen LogP contribution in [0.15, 0.2) is 72.1 Å². The van der Waals surface area contributed by atoms with Crippen LogP contribution < -0.4 is 10.6 Å². The molecule has 4 rings (SSSR count). The molecule has 0 spiro atoms. The first-order valence-corrected chi connectivity index (χ1v) is 12.5. The summed E-state index contributed by atoms with van der Waals surface area (Å²) in [4.78, 5) is 28.6. The topological polar surface area (TPSA) is 61.4 Å². The van der Waals surface area contributed by atoms with Crippen molar-refractivity contribution in [3.63, 3.8) is 0 Å². The highest BCUT2D eigenvalue weighted by atomic mass is 32.1. The summed E-state index contributed by atoms with van der Waals surface area (Å²) < 4.78 is 0. The van der Waals surface area contributed by atoms with Gasteiger partial charge in [-0.05, 0) is 67.4 Å². The van der Waals surface area contributed by atoms with Gasteiger partial charge in [-0.25, -0.2) is 0 Å². The molecule has 0 unspecified atom stereocenters. The third kappa shape index (κ3) is 7.01. The van der Waals surface area contributed by atoms with Crippen molar-refractivity contribution in [1.82, 2.24) is 10.2 Å². The number of hydrogen-bond donors (Lipinski definition) is 2. The molecule has 0 radical (unpaired) electrons. The smallest absolute Gasteiger partial charge is 0.238 e. The lowest BCUT2D eigenvalue weighted by molar-refractivity contribution is -0.126. The number of amides is 2. The van der Waals surface area contributed by atoms with Crippen LogP contribution in [0.3, 0.4) is 0 Å². The predicted molar refractivity (Wildman–Crippen MR) is 135 cm³/mol. The summed E-state index contributed by atoms with van der Waals surface area (Å²) >= 11 is 1.72. The maximum Gasteiger partial charge on any atom is 0.238 e. The van der Waals surface area contributed by atoms with Gasteiger partial charge in [0.25, 0.3) is 0 Å². The lowest BCUT2D eigenvalue weighted by Crippen LogP contribution is -2.43. The van der Waals surface area contributed by atoms with Crippen LogP contribution in [0.25, 0.3) is 0 Å². The van der Waals surface area contributed by atoms with E-state index in [1.165, 1.54) is 10.4 Å². The zero-order valence-corrected chi connectivity index (χ0v) is 19.7. The van der Waals surface area contributed by atoms with Crippen molar-refractivity contribution >= 4 is 28.8 Å². The Hall–Kier alpha value is -2.96. The van der Waals surface area contributed by atoms with Gasteiger partial charge in [-0.2, -0.15) is 0 Å². The normalized spacial score (nSPS) is 14.7. The van der Waals surface area contributed by atoms with Gasteiger partial charge >= 0.3 is 0 Å². The fourth-order valence-corrected chi connectivity index (χ4v) is 4.98. The van der Waals surface area contributed by atoms with E-state index in [-0.39, 0.29) is 17.7 Å². The molecule has 2 heterocycles. The van der Waals surface area contributed by atoms with E-state index in [9.17, 15) is 9.59 Å². The number of benzene rings is 2. The highest BCUT2D eigenvalue weighted by molar-refractivity contribution is 7.09. The second kappa shape index (κ2) is 11.8. The Morgan fingerprint density at radius 1 is 0.939 bits per heavy atom. The van der Waals surface area contributed by atoms with Crippen LogP contribution in [-0.4, -0.2) is 42.9 Å². The number of nitrogens with one attached hydrogen (secondary N) is 2. The van der Waals surface area contributed by atoms with Crippen molar-refractivity contribution in [2.45, 2.75) is 25.7 Å². The number of piperidine rings is 1. The van der Waals surface area contributed by atoms with Gasteiger partial charge in [0.15, 0.2) is 0 Å². The molecule has 172 valence electrons. The van der Waals surface area contributed by atoms with Crippen molar-refractivity contribution in [1.29, 1.82) is 0 Å². The van der Waals surface area contributed by atoms with Crippen LogP contribution >= 0.6 is 11.3 Å². The highest BCUT2D eigenvalue weighted by Crippen LogP contribution is 2.20. The number of rotatable bonds is 9. The summed E-state index contributed by atoms with van der Waals surface area (Å²) in [6.07, 6.45) is 3.25. The molecule has 6 heteroatoms. The van der Waals surface area contributed by atoms with Crippen molar-refractivity contribution in [2.24, 2.45) is 5.92 Å². The Labute approximate surface area is 199 Å². The second-order valence-corrected chi connectivity index (χ2v) is 9.57. The Balaban J connectivity index is 1.21. The molecule has 2 N–H and O–H groups in total. The number of nitrogens with zero attached hydrogens (tertiary/aromatic N) is 1. The third-order valence-corrected chi connectivity index (χ3v) is 7.04. The standard InChI is InChI=1S/C27H31N3O2S/c31-26(29-25-11-5-4-9-23(25)19-21-7-2-1-3-8-21)20-30-16-13-22(14-17-30)27(32)28-15-12-24-10-6-18-33-24/h1-11,18,22H,12-17,19-20H2,(H,28,32)(H,29,31). The molecule has 0 aliphatic carbocycles. The summed E-state index contributed by atoms with van der Waals surface area (Å²) in [7, 11) is 0. The molecule has 0 bridgehead atoms. The number of carbonyl (C=O) groups excluding carboxylic acids is 2. The fraction of sp³-hybridized carbons (Fsp3) is 0.333. The van der Waals surface area contributed by atoms with E-state index in [0.29, 0.717) is 13.1 Å². The molecule has 3 aromatic rings. The lowest BCUT2D eigenvalue weighted by atomic mass is 9.96. The van der Waals surface area contributed by atoms with E-state index >= 15 is 0 Å². The number of carbonyl (C=O) groups is 2. The quantitative estimate of drug-likeness (QED) is 0.498. The molecule has 1 saturated heterocycles. The monoisotopic (exact) mass is 461 g/mol. The molecule has 2 amide bonds. The highest BCUT2D eigenvalue weighted by Gasteiger charge is 2.25. The van der Waals surface area contributed by atoms with E-state index in [2.05, 4.69) is 45.2 Å². The number of anilines is 1. The van der Waals surface area contributed by atoms with Gasteiger partial charge in [0.1, 0.15) is 0 Å². The Morgan fingerprint density at radius 2 is 1.70 bits per heavy atom. The molecule has 33 heavy (non-hydrogen) atoms. The number of thiophene rings is 1. The van der Waals surface area contributed by atoms with Crippen LogP contribution in [-0.2, 0) is 22.4 Å². The van der Waals surface area contributed by atoms with E-state index in [4.69, 9.17) is 0 Å². The minimum Gasteiger partial charge on any atom is -0.355 e. The molecule has 2 aromatic carbocycles. The molecule has 1 aliphatic heterocycles. The van der Waals surface area contributed by atoms with Crippen molar-refractivity contribution in [3.05, 3.63) is 88.1 Å². The minimum absolute atomic E-state index is 0.00522. The van der Waals surface area contributed by atoms with E-state index in [0.717, 1.165) is 50.0 Å². The molecule has 0 saturated carbocycles. The average Bonchev–Trinajstić information content (AvgIpc) is 3.35. The Morgan fingerprint density at radius 3 is 2.45 bits per heavy atom. The molecule has 1 aliphatic rings. The van der Waals surface area contributed by atoms with Crippen LogP contribution in [0.5, 0.6) is 0 Å². The zero-order chi connectivity index (χ0) is 22.9. The maximum atomic E-state index is 12.7. The van der Waals surface area contributed by atoms with Gasteiger partial charge in [0.05, 0.1) is 6.54 Å². The van der Waals surface area contributed by atoms with Gasteiger partial charge in [0.2, 0.25) is 11.8 Å². The van der Waals surface area contributed by atoms with Gasteiger partial charge in [-0.3, -0.25) is 14.5 Å². The summed E-state index contributed by atoms with van der Waals surface area (Å²) in [5, 5.41) is 8.23. The average molecular weight is 462 g/mol. The molecule has 1 aromatic heterocycles. The second-order valence-electron chi connectivity index (χ2n) is 8.54. The molecular formula is C27H31N3O2S. The minimum atomic E-state index is -0.00522. The van der Waals surface area contributed by atoms with Gasteiger partial charge in [-0.15, -0.1) is 11.3 Å². The number of likely N-dealkylation sites (tertiary alicyclic amines) is 1. The van der Waals surface area contributed by atoms with Crippen LogP contribution in [0.4, 0.5) is 5.69 Å². The van der Waals surface area contributed by atoms with Crippen LogP contribution in [0.2, 0.25) is 0 Å². The first-order chi connectivity index (χ1) is 16.2. The molecular weight excluding hydrogens is 430 g/mol. The molecule has 1 fully saturated rings. The Kier molecular flexibility index (Phi) is 8.28. The van der Waals surface area contributed by atoms with Crippen molar-refractivity contribution < 1.29 is 9.59 Å².